The van der Waals surface area contributed by atoms with Crippen LogP contribution in [0.25, 0.3) is 0 Å². The Morgan fingerprint density at radius 3 is 3.07 bits per heavy atom. The van der Waals surface area contributed by atoms with Gasteiger partial charge in [-0.15, -0.1) is 5.10 Å². The van der Waals surface area contributed by atoms with Gasteiger partial charge >= 0.3 is 0 Å². The molecule has 1 aromatic heterocycles. The third-order valence-corrected chi connectivity index (χ3v) is 3.08. The first-order chi connectivity index (χ1) is 6.88. The van der Waals surface area contributed by atoms with Crippen LogP contribution < -0.4 is 0 Å². The zero-order valence-corrected chi connectivity index (χ0v) is 8.72. The number of carbonyl (C=O) groups is 1. The first kappa shape index (κ1) is 9.52. The molecule has 0 saturated heterocycles. The lowest BCUT2D eigenvalue weighted by Gasteiger charge is -2.00. The van der Waals surface area contributed by atoms with Crippen molar-refractivity contribution in [1.82, 2.24) is 9.59 Å². The molecule has 0 N–H and O–H groups in total. The van der Waals surface area contributed by atoms with Gasteiger partial charge in [-0.25, -0.2) is 0 Å². The molecule has 3 nitrogen and oxygen atoms in total. The Kier molecular flexibility index (Phi) is 3.03. The Bertz CT molecular complexity index is 343. The van der Waals surface area contributed by atoms with Gasteiger partial charge in [0.2, 0.25) is 5.78 Å². The van der Waals surface area contributed by atoms with Crippen molar-refractivity contribution in [2.45, 2.75) is 32.1 Å². The number of rotatable bonds is 2. The van der Waals surface area contributed by atoms with Crippen molar-refractivity contribution in [3.05, 3.63) is 22.7 Å². The van der Waals surface area contributed by atoms with Crippen LogP contribution in [0.15, 0.2) is 17.8 Å². The number of carbonyl (C=O) groups excluding carboxylic acids is 1. The summed E-state index contributed by atoms with van der Waals surface area (Å²) >= 11 is 1.18. The molecule has 0 bridgehead atoms. The highest BCUT2D eigenvalue weighted by atomic mass is 32.1. The minimum absolute atomic E-state index is 0.127. The zero-order chi connectivity index (χ0) is 9.80. The van der Waals surface area contributed by atoms with Gasteiger partial charge in [0.05, 0.1) is 6.20 Å². The second-order valence-electron chi connectivity index (χ2n) is 3.44. The molecule has 0 atom stereocenters. The van der Waals surface area contributed by atoms with Gasteiger partial charge in [0.15, 0.2) is 0 Å². The summed E-state index contributed by atoms with van der Waals surface area (Å²) in [7, 11) is 0. The predicted molar refractivity (Wildman–Crippen MR) is 55.4 cm³/mol. The van der Waals surface area contributed by atoms with Gasteiger partial charge in [0, 0.05) is 0 Å². The van der Waals surface area contributed by atoms with Gasteiger partial charge in [0.1, 0.15) is 4.88 Å². The molecule has 4 heteroatoms. The normalized spacial score (nSPS) is 17.3. The van der Waals surface area contributed by atoms with Crippen molar-refractivity contribution in [3.63, 3.8) is 0 Å². The van der Waals surface area contributed by atoms with Gasteiger partial charge in [0.25, 0.3) is 0 Å². The Morgan fingerprint density at radius 1 is 1.36 bits per heavy atom. The van der Waals surface area contributed by atoms with Gasteiger partial charge < -0.3 is 0 Å². The molecule has 1 heterocycles. The van der Waals surface area contributed by atoms with E-state index < -0.39 is 0 Å². The van der Waals surface area contributed by atoms with E-state index in [1.807, 2.05) is 0 Å². The Balaban J connectivity index is 2.14. The number of nitrogens with zero attached hydrogens (tertiary/aromatic N) is 2. The summed E-state index contributed by atoms with van der Waals surface area (Å²) in [6.07, 6.45) is 9.15. The number of hydrogen-bond acceptors (Lipinski definition) is 4. The maximum atomic E-state index is 11.9. The highest BCUT2D eigenvalue weighted by Crippen LogP contribution is 2.21. The van der Waals surface area contributed by atoms with Crippen molar-refractivity contribution in [3.8, 4) is 0 Å². The van der Waals surface area contributed by atoms with E-state index in [4.69, 9.17) is 0 Å². The summed E-state index contributed by atoms with van der Waals surface area (Å²) < 4.78 is 3.71. The molecule has 0 aliphatic heterocycles. The van der Waals surface area contributed by atoms with Gasteiger partial charge in [-0.1, -0.05) is 17.0 Å². The fraction of sp³-hybridized carbons (Fsp3) is 0.500. The van der Waals surface area contributed by atoms with Crippen LogP contribution in [-0.4, -0.2) is 15.4 Å². The molecule has 0 radical (unpaired) electrons. The lowest BCUT2D eigenvalue weighted by Crippen LogP contribution is -2.00. The molecule has 74 valence electrons. The Hall–Kier alpha value is -1.03. The van der Waals surface area contributed by atoms with E-state index in [0.29, 0.717) is 4.88 Å². The minimum Gasteiger partial charge on any atom is -0.288 e. The SMILES string of the molecule is O=C(C1=CCCCCC1)c1cnns1. The quantitative estimate of drug-likeness (QED) is 0.702. The Morgan fingerprint density at radius 2 is 2.29 bits per heavy atom. The molecule has 14 heavy (non-hydrogen) atoms. The molecular weight excluding hydrogens is 196 g/mol. The summed E-state index contributed by atoms with van der Waals surface area (Å²) in [4.78, 5) is 12.5. The fourth-order valence-electron chi connectivity index (χ4n) is 1.65. The molecule has 0 aromatic carbocycles. The summed E-state index contributed by atoms with van der Waals surface area (Å²) in [6.45, 7) is 0. The van der Waals surface area contributed by atoms with E-state index in [1.54, 1.807) is 6.20 Å². The van der Waals surface area contributed by atoms with Crippen LogP contribution in [-0.2, 0) is 0 Å². The number of ketones is 1. The fourth-order valence-corrected chi connectivity index (χ4v) is 2.14. The van der Waals surface area contributed by atoms with Crippen LogP contribution in [0.4, 0.5) is 0 Å². The van der Waals surface area contributed by atoms with Crippen molar-refractivity contribution < 1.29 is 4.79 Å². The van der Waals surface area contributed by atoms with E-state index in [2.05, 4.69) is 15.7 Å². The third-order valence-electron chi connectivity index (χ3n) is 2.42. The van der Waals surface area contributed by atoms with Crippen LogP contribution in [0.1, 0.15) is 41.8 Å². The molecular formula is C10H12N2OS. The first-order valence-electron chi connectivity index (χ1n) is 4.89. The van der Waals surface area contributed by atoms with Crippen molar-refractivity contribution in [2.24, 2.45) is 0 Å². The molecule has 0 amide bonds. The summed E-state index contributed by atoms with van der Waals surface area (Å²) in [5.41, 5.74) is 0.952. The van der Waals surface area contributed by atoms with Crippen molar-refractivity contribution in [2.75, 3.05) is 0 Å². The van der Waals surface area contributed by atoms with Crippen LogP contribution in [0.5, 0.6) is 0 Å². The predicted octanol–water partition coefficient (Wildman–Crippen LogP) is 2.61. The standard InChI is InChI=1S/C10H12N2OS/c13-10(9-7-11-12-14-9)8-5-3-1-2-4-6-8/h5,7H,1-4,6H2. The van der Waals surface area contributed by atoms with Crippen LogP contribution in [0.2, 0.25) is 0 Å². The van der Waals surface area contributed by atoms with E-state index in [9.17, 15) is 4.79 Å². The monoisotopic (exact) mass is 208 g/mol. The number of allylic oxidation sites excluding steroid dienone is 2. The largest absolute Gasteiger partial charge is 0.288 e. The molecule has 0 spiro atoms. The molecule has 1 aromatic rings. The van der Waals surface area contributed by atoms with Crippen LogP contribution in [0, 0.1) is 0 Å². The average Bonchev–Trinajstić information content (AvgIpc) is 2.59. The van der Waals surface area contributed by atoms with Gasteiger partial charge in [-0.2, -0.15) is 0 Å². The van der Waals surface area contributed by atoms with E-state index in [1.165, 1.54) is 24.4 Å². The molecule has 0 unspecified atom stereocenters. The molecule has 1 aliphatic carbocycles. The first-order valence-corrected chi connectivity index (χ1v) is 5.66. The number of Topliss-reactive ketones (excluding diaryl/α,β-unsaturated/α-hetero) is 1. The maximum absolute atomic E-state index is 11.9. The topological polar surface area (TPSA) is 42.9 Å². The lowest BCUT2D eigenvalue weighted by molar-refractivity contribution is 0.103. The highest BCUT2D eigenvalue weighted by molar-refractivity contribution is 7.08. The smallest absolute Gasteiger partial charge is 0.201 e. The summed E-state index contributed by atoms with van der Waals surface area (Å²) in [6, 6.07) is 0. The van der Waals surface area contributed by atoms with Crippen LogP contribution in [0.3, 0.4) is 0 Å². The Labute approximate surface area is 87.0 Å². The van der Waals surface area contributed by atoms with Crippen LogP contribution >= 0.6 is 11.5 Å². The molecule has 0 fully saturated rings. The zero-order valence-electron chi connectivity index (χ0n) is 7.90. The van der Waals surface area contributed by atoms with Crippen molar-refractivity contribution in [1.29, 1.82) is 0 Å². The average molecular weight is 208 g/mol. The summed E-state index contributed by atoms with van der Waals surface area (Å²) in [5, 5.41) is 3.68. The molecule has 1 aliphatic rings. The third kappa shape index (κ3) is 2.07. The van der Waals surface area contributed by atoms with E-state index in [-0.39, 0.29) is 5.78 Å². The lowest BCUT2D eigenvalue weighted by atomic mass is 10.1. The van der Waals surface area contributed by atoms with E-state index >= 15 is 0 Å². The molecule has 0 saturated carbocycles. The van der Waals surface area contributed by atoms with Gasteiger partial charge in [-0.3, -0.25) is 4.79 Å². The highest BCUT2D eigenvalue weighted by Gasteiger charge is 2.15. The van der Waals surface area contributed by atoms with E-state index in [0.717, 1.165) is 24.8 Å². The maximum Gasteiger partial charge on any atom is 0.201 e. The van der Waals surface area contributed by atoms with Crippen molar-refractivity contribution >= 4 is 17.3 Å². The summed E-state index contributed by atoms with van der Waals surface area (Å²) in [5.74, 6) is 0.127. The minimum atomic E-state index is 0.127. The van der Waals surface area contributed by atoms with Gasteiger partial charge in [-0.05, 0) is 42.8 Å². The number of aromatic nitrogens is 2. The molecule has 2 rings (SSSR count). The second-order valence-corrected chi connectivity index (χ2v) is 4.23. The second kappa shape index (κ2) is 4.46. The number of hydrogen-bond donors (Lipinski definition) is 0.